The van der Waals surface area contributed by atoms with Crippen LogP contribution in [-0.4, -0.2) is 9.97 Å². The number of anilines is 1. The van der Waals surface area contributed by atoms with E-state index in [9.17, 15) is 0 Å². The van der Waals surface area contributed by atoms with Crippen LogP contribution in [0.15, 0.2) is 30.6 Å². The molecule has 1 aromatic heterocycles. The number of aromatic amines is 1. The molecule has 13 heavy (non-hydrogen) atoms. The van der Waals surface area contributed by atoms with E-state index in [4.69, 9.17) is 17.3 Å². The highest BCUT2D eigenvalue weighted by molar-refractivity contribution is 6.33. The van der Waals surface area contributed by atoms with Crippen molar-refractivity contribution in [1.29, 1.82) is 0 Å². The fourth-order valence-corrected chi connectivity index (χ4v) is 1.41. The number of hydrogen-bond donors (Lipinski definition) is 2. The standard InChI is InChI=1S/C9H8ClN3/c10-7-4-2-1-3-6(7)8-9(11)13-5-12-8/h1-5H,11H2,(H,12,13). The van der Waals surface area contributed by atoms with Gasteiger partial charge in [0.1, 0.15) is 5.82 Å². The molecule has 3 N–H and O–H groups in total. The van der Waals surface area contributed by atoms with Gasteiger partial charge >= 0.3 is 0 Å². The van der Waals surface area contributed by atoms with Gasteiger partial charge in [-0.1, -0.05) is 29.8 Å². The van der Waals surface area contributed by atoms with Gasteiger partial charge in [0.2, 0.25) is 0 Å². The van der Waals surface area contributed by atoms with Crippen molar-refractivity contribution in [3.05, 3.63) is 35.6 Å². The number of benzene rings is 1. The minimum absolute atomic E-state index is 0.466. The Kier molecular flexibility index (Phi) is 1.94. The number of halogens is 1. The third-order valence-corrected chi connectivity index (χ3v) is 2.14. The van der Waals surface area contributed by atoms with Gasteiger partial charge in [-0.3, -0.25) is 0 Å². The number of hydrogen-bond acceptors (Lipinski definition) is 2. The molecule has 3 nitrogen and oxygen atoms in total. The highest BCUT2D eigenvalue weighted by Gasteiger charge is 2.07. The SMILES string of the molecule is Nc1nc[nH]c1-c1ccccc1Cl. The van der Waals surface area contributed by atoms with Crippen LogP contribution in [0.4, 0.5) is 5.82 Å². The highest BCUT2D eigenvalue weighted by atomic mass is 35.5. The van der Waals surface area contributed by atoms with Gasteiger partial charge in [-0.2, -0.15) is 0 Å². The Morgan fingerprint density at radius 2 is 2.08 bits per heavy atom. The minimum Gasteiger partial charge on any atom is -0.382 e. The molecule has 66 valence electrons. The van der Waals surface area contributed by atoms with Gasteiger partial charge in [0.05, 0.1) is 17.0 Å². The highest BCUT2D eigenvalue weighted by Crippen LogP contribution is 2.28. The van der Waals surface area contributed by atoms with Gasteiger partial charge < -0.3 is 10.7 Å². The maximum atomic E-state index is 5.98. The Morgan fingerprint density at radius 1 is 1.31 bits per heavy atom. The number of nitrogens with zero attached hydrogens (tertiary/aromatic N) is 1. The molecule has 2 aromatic rings. The molecule has 0 radical (unpaired) electrons. The average Bonchev–Trinajstić information content (AvgIpc) is 2.52. The first-order chi connectivity index (χ1) is 6.29. The molecule has 0 bridgehead atoms. The normalized spacial score (nSPS) is 10.2. The maximum Gasteiger partial charge on any atom is 0.149 e. The number of imidazole rings is 1. The minimum atomic E-state index is 0.466. The zero-order valence-corrected chi connectivity index (χ0v) is 7.55. The van der Waals surface area contributed by atoms with Crippen molar-refractivity contribution in [2.75, 3.05) is 5.73 Å². The second kappa shape index (κ2) is 3.11. The molecule has 1 aromatic carbocycles. The second-order valence-corrected chi connectivity index (χ2v) is 3.05. The van der Waals surface area contributed by atoms with Crippen LogP contribution in [0.1, 0.15) is 0 Å². The van der Waals surface area contributed by atoms with Gasteiger partial charge in [-0.05, 0) is 6.07 Å². The lowest BCUT2D eigenvalue weighted by molar-refractivity contribution is 1.32. The molecule has 0 atom stereocenters. The van der Waals surface area contributed by atoms with Crippen molar-refractivity contribution < 1.29 is 0 Å². The van der Waals surface area contributed by atoms with Crippen LogP contribution >= 0.6 is 11.6 Å². The first-order valence-corrected chi connectivity index (χ1v) is 4.20. The van der Waals surface area contributed by atoms with Gasteiger partial charge in [0, 0.05) is 5.56 Å². The summed E-state index contributed by atoms with van der Waals surface area (Å²) in [6.45, 7) is 0. The summed E-state index contributed by atoms with van der Waals surface area (Å²) in [5.41, 5.74) is 7.28. The largest absolute Gasteiger partial charge is 0.382 e. The van der Waals surface area contributed by atoms with Gasteiger partial charge in [0.25, 0.3) is 0 Å². The summed E-state index contributed by atoms with van der Waals surface area (Å²) in [5, 5.41) is 0.665. The van der Waals surface area contributed by atoms with Gasteiger partial charge in [-0.15, -0.1) is 0 Å². The average molecular weight is 194 g/mol. The lowest BCUT2D eigenvalue weighted by Crippen LogP contribution is -1.88. The van der Waals surface area contributed by atoms with E-state index in [0.29, 0.717) is 10.8 Å². The van der Waals surface area contributed by atoms with E-state index in [2.05, 4.69) is 9.97 Å². The first kappa shape index (κ1) is 8.13. The number of nitrogen functional groups attached to an aromatic ring is 1. The van der Waals surface area contributed by atoms with E-state index in [0.717, 1.165) is 11.3 Å². The van der Waals surface area contributed by atoms with Crippen LogP contribution in [0.3, 0.4) is 0 Å². The Bertz CT molecular complexity index is 422. The molecule has 0 aliphatic rings. The van der Waals surface area contributed by atoms with Crippen molar-refractivity contribution in [3.63, 3.8) is 0 Å². The molecule has 0 aliphatic heterocycles. The van der Waals surface area contributed by atoms with Crippen LogP contribution in [-0.2, 0) is 0 Å². The van der Waals surface area contributed by atoms with Crippen molar-refractivity contribution in [3.8, 4) is 11.3 Å². The van der Waals surface area contributed by atoms with Crippen molar-refractivity contribution in [2.24, 2.45) is 0 Å². The zero-order chi connectivity index (χ0) is 9.26. The summed E-state index contributed by atoms with van der Waals surface area (Å²) in [4.78, 5) is 6.84. The predicted octanol–water partition coefficient (Wildman–Crippen LogP) is 2.31. The van der Waals surface area contributed by atoms with Crippen LogP contribution in [0.25, 0.3) is 11.3 Å². The second-order valence-electron chi connectivity index (χ2n) is 2.64. The molecule has 0 unspecified atom stereocenters. The van der Waals surface area contributed by atoms with E-state index >= 15 is 0 Å². The zero-order valence-electron chi connectivity index (χ0n) is 6.79. The lowest BCUT2D eigenvalue weighted by Gasteiger charge is -2.00. The van der Waals surface area contributed by atoms with Crippen molar-refractivity contribution in [2.45, 2.75) is 0 Å². The molecule has 2 rings (SSSR count). The molecular formula is C9H8ClN3. The Hall–Kier alpha value is -1.48. The summed E-state index contributed by atoms with van der Waals surface area (Å²) < 4.78 is 0. The maximum absolute atomic E-state index is 5.98. The van der Waals surface area contributed by atoms with E-state index in [1.165, 1.54) is 0 Å². The summed E-state index contributed by atoms with van der Waals surface area (Å²) in [6.07, 6.45) is 1.55. The predicted molar refractivity (Wildman–Crippen MR) is 53.4 cm³/mol. The molecule has 0 saturated carbocycles. The molecule has 0 fully saturated rings. The number of aromatic nitrogens is 2. The number of nitrogens with one attached hydrogen (secondary N) is 1. The molecule has 0 amide bonds. The molecule has 1 heterocycles. The summed E-state index contributed by atoms with van der Waals surface area (Å²) in [7, 11) is 0. The molecular weight excluding hydrogens is 186 g/mol. The third-order valence-electron chi connectivity index (χ3n) is 1.81. The van der Waals surface area contributed by atoms with Crippen molar-refractivity contribution >= 4 is 17.4 Å². The van der Waals surface area contributed by atoms with Gasteiger partial charge in [0.15, 0.2) is 0 Å². The number of rotatable bonds is 1. The molecule has 0 spiro atoms. The van der Waals surface area contributed by atoms with Crippen LogP contribution in [0.2, 0.25) is 5.02 Å². The van der Waals surface area contributed by atoms with Crippen molar-refractivity contribution in [1.82, 2.24) is 9.97 Å². The Labute approximate surface area is 80.6 Å². The van der Waals surface area contributed by atoms with E-state index in [1.807, 2.05) is 24.3 Å². The van der Waals surface area contributed by atoms with E-state index < -0.39 is 0 Å². The quantitative estimate of drug-likeness (QED) is 0.730. The lowest BCUT2D eigenvalue weighted by atomic mass is 10.1. The van der Waals surface area contributed by atoms with E-state index in [1.54, 1.807) is 6.33 Å². The van der Waals surface area contributed by atoms with Crippen LogP contribution < -0.4 is 5.73 Å². The fourth-order valence-electron chi connectivity index (χ4n) is 1.18. The fraction of sp³-hybridized carbons (Fsp3) is 0. The number of H-pyrrole nitrogens is 1. The third kappa shape index (κ3) is 1.38. The van der Waals surface area contributed by atoms with Crippen LogP contribution in [0.5, 0.6) is 0 Å². The summed E-state index contributed by atoms with van der Waals surface area (Å²) in [5.74, 6) is 0.466. The summed E-state index contributed by atoms with van der Waals surface area (Å²) >= 11 is 5.98. The smallest absolute Gasteiger partial charge is 0.149 e. The molecule has 0 aliphatic carbocycles. The van der Waals surface area contributed by atoms with Gasteiger partial charge in [-0.25, -0.2) is 4.98 Å². The number of nitrogens with two attached hydrogens (primary N) is 1. The Balaban J connectivity index is 2.59. The monoisotopic (exact) mass is 193 g/mol. The molecule has 0 saturated heterocycles. The van der Waals surface area contributed by atoms with E-state index in [-0.39, 0.29) is 0 Å². The molecule has 4 heteroatoms. The Morgan fingerprint density at radius 3 is 2.69 bits per heavy atom. The first-order valence-electron chi connectivity index (χ1n) is 3.83. The van der Waals surface area contributed by atoms with Crippen LogP contribution in [0, 0.1) is 0 Å². The topological polar surface area (TPSA) is 54.7 Å². The summed E-state index contributed by atoms with van der Waals surface area (Å²) in [6, 6.07) is 7.49.